The van der Waals surface area contributed by atoms with Gasteiger partial charge in [0.05, 0.1) is 5.92 Å². The summed E-state index contributed by atoms with van der Waals surface area (Å²) in [4.78, 5) is 24.6. The van der Waals surface area contributed by atoms with Crippen LogP contribution in [0.15, 0.2) is 48.5 Å². The van der Waals surface area contributed by atoms with Crippen LogP contribution >= 0.6 is 11.6 Å². The van der Waals surface area contributed by atoms with Crippen molar-refractivity contribution in [1.82, 2.24) is 5.32 Å². The lowest BCUT2D eigenvalue weighted by molar-refractivity contribution is -0.127. The third-order valence-corrected chi connectivity index (χ3v) is 4.84. The first-order chi connectivity index (χ1) is 11.5. The summed E-state index contributed by atoms with van der Waals surface area (Å²) in [5, 5.41) is 3.55. The summed E-state index contributed by atoms with van der Waals surface area (Å²) in [5.41, 5.74) is 3.23. The molecule has 3 rings (SSSR count). The van der Waals surface area contributed by atoms with Crippen molar-refractivity contribution in [2.75, 3.05) is 6.54 Å². The fourth-order valence-corrected chi connectivity index (χ4v) is 3.34. The maximum Gasteiger partial charge on any atom is 0.224 e. The van der Waals surface area contributed by atoms with Gasteiger partial charge in [-0.1, -0.05) is 61.0 Å². The summed E-state index contributed by atoms with van der Waals surface area (Å²) in [6.07, 6.45) is 0.606. The van der Waals surface area contributed by atoms with E-state index in [4.69, 9.17) is 11.6 Å². The van der Waals surface area contributed by atoms with E-state index >= 15 is 0 Å². The summed E-state index contributed by atoms with van der Waals surface area (Å²) in [6, 6.07) is 15.5. The molecule has 0 radical (unpaired) electrons. The number of rotatable bonds is 5. The second kappa shape index (κ2) is 8.30. The normalized spacial score (nSPS) is 19.2. The SMILES string of the molecule is C.Cc1ccc([C@@H]2CNC(=O)C2CC(=O)Cc2ccc(Cl)cc2)cc1. The van der Waals surface area contributed by atoms with Crippen LogP contribution in [0.25, 0.3) is 0 Å². The van der Waals surface area contributed by atoms with Crippen LogP contribution < -0.4 is 5.32 Å². The van der Waals surface area contributed by atoms with E-state index in [-0.39, 0.29) is 37.4 Å². The van der Waals surface area contributed by atoms with Gasteiger partial charge in [0, 0.05) is 30.3 Å². The largest absolute Gasteiger partial charge is 0.355 e. The van der Waals surface area contributed by atoms with Crippen molar-refractivity contribution in [3.63, 3.8) is 0 Å². The van der Waals surface area contributed by atoms with Crippen LogP contribution in [0.1, 0.15) is 36.5 Å². The van der Waals surface area contributed by atoms with Crippen LogP contribution in [-0.4, -0.2) is 18.2 Å². The molecule has 1 fully saturated rings. The predicted molar refractivity (Wildman–Crippen MR) is 102 cm³/mol. The first-order valence-corrected chi connectivity index (χ1v) is 8.51. The number of Topliss-reactive ketones (excluding diaryl/α,β-unsaturated/α-hetero) is 1. The molecule has 1 aliphatic rings. The molecular formula is C21H24ClNO2. The van der Waals surface area contributed by atoms with Crippen LogP contribution in [0.3, 0.4) is 0 Å². The Morgan fingerprint density at radius 1 is 1.12 bits per heavy atom. The minimum atomic E-state index is -0.285. The van der Waals surface area contributed by atoms with Crippen molar-refractivity contribution in [2.24, 2.45) is 5.92 Å². The highest BCUT2D eigenvalue weighted by Crippen LogP contribution is 2.32. The van der Waals surface area contributed by atoms with Gasteiger partial charge in [-0.2, -0.15) is 0 Å². The molecule has 0 bridgehead atoms. The molecule has 0 aliphatic carbocycles. The maximum atomic E-state index is 12.4. The number of carbonyl (C=O) groups is 2. The van der Waals surface area contributed by atoms with E-state index in [1.54, 1.807) is 12.1 Å². The lowest BCUT2D eigenvalue weighted by Gasteiger charge is -2.17. The van der Waals surface area contributed by atoms with Crippen LogP contribution in [0.2, 0.25) is 5.02 Å². The lowest BCUT2D eigenvalue weighted by Crippen LogP contribution is -2.23. The molecule has 1 amide bonds. The summed E-state index contributed by atoms with van der Waals surface area (Å²) >= 11 is 5.86. The number of nitrogens with one attached hydrogen (secondary N) is 1. The Bertz CT molecular complexity index is 737. The predicted octanol–water partition coefficient (Wildman–Crippen LogP) is 4.32. The second-order valence-corrected chi connectivity index (χ2v) is 6.85. The highest BCUT2D eigenvalue weighted by molar-refractivity contribution is 6.30. The van der Waals surface area contributed by atoms with Gasteiger partial charge in [-0.15, -0.1) is 0 Å². The van der Waals surface area contributed by atoms with Crippen LogP contribution in [0, 0.1) is 12.8 Å². The molecule has 0 aromatic heterocycles. The van der Waals surface area contributed by atoms with Crippen LogP contribution in [0.5, 0.6) is 0 Å². The van der Waals surface area contributed by atoms with Gasteiger partial charge in [0.1, 0.15) is 5.78 Å². The molecule has 2 atom stereocenters. The van der Waals surface area contributed by atoms with Crippen molar-refractivity contribution in [3.8, 4) is 0 Å². The number of hydrogen-bond acceptors (Lipinski definition) is 2. The standard InChI is InChI=1S/C20H20ClNO2.CH4/c1-13-2-6-15(7-3-13)19-12-22-20(24)18(19)11-17(23)10-14-4-8-16(21)9-5-14;/h2-9,18-19H,10-12H2,1H3,(H,22,24);1H4/t18?,19-;/m0./s1. The molecule has 0 saturated carbocycles. The average Bonchev–Trinajstić information content (AvgIpc) is 2.91. The molecule has 1 saturated heterocycles. The van der Waals surface area contributed by atoms with Crippen molar-refractivity contribution >= 4 is 23.3 Å². The molecule has 2 aromatic rings. The Balaban J connectivity index is 0.00000225. The Labute approximate surface area is 154 Å². The topological polar surface area (TPSA) is 46.2 Å². The van der Waals surface area contributed by atoms with Gasteiger partial charge in [0.25, 0.3) is 0 Å². The van der Waals surface area contributed by atoms with Crippen molar-refractivity contribution < 1.29 is 9.59 Å². The number of benzene rings is 2. The number of amides is 1. The van der Waals surface area contributed by atoms with E-state index in [0.29, 0.717) is 18.0 Å². The molecule has 2 aromatic carbocycles. The van der Waals surface area contributed by atoms with E-state index in [9.17, 15) is 9.59 Å². The number of halogens is 1. The van der Waals surface area contributed by atoms with Gasteiger partial charge in [-0.3, -0.25) is 9.59 Å². The molecule has 1 aliphatic heterocycles. The summed E-state index contributed by atoms with van der Waals surface area (Å²) < 4.78 is 0. The van der Waals surface area contributed by atoms with E-state index in [1.165, 1.54) is 5.56 Å². The molecule has 1 unspecified atom stereocenters. The Hall–Kier alpha value is -2.13. The molecule has 132 valence electrons. The fourth-order valence-electron chi connectivity index (χ4n) is 3.21. The first kappa shape index (κ1) is 19.2. The van der Waals surface area contributed by atoms with Crippen LogP contribution in [-0.2, 0) is 16.0 Å². The first-order valence-electron chi connectivity index (χ1n) is 8.13. The van der Waals surface area contributed by atoms with Gasteiger partial charge in [-0.25, -0.2) is 0 Å². The van der Waals surface area contributed by atoms with Gasteiger partial charge in [0.15, 0.2) is 0 Å². The van der Waals surface area contributed by atoms with Crippen molar-refractivity contribution in [2.45, 2.75) is 33.1 Å². The Morgan fingerprint density at radius 2 is 1.76 bits per heavy atom. The number of aryl methyl sites for hydroxylation is 1. The summed E-state index contributed by atoms with van der Waals surface area (Å²) in [7, 11) is 0. The minimum Gasteiger partial charge on any atom is -0.355 e. The summed E-state index contributed by atoms with van der Waals surface area (Å²) in [5.74, 6) is -0.165. The fraction of sp³-hybridized carbons (Fsp3) is 0.333. The quantitative estimate of drug-likeness (QED) is 0.866. The van der Waals surface area contributed by atoms with Crippen LogP contribution in [0.4, 0.5) is 0 Å². The molecule has 1 heterocycles. The third-order valence-electron chi connectivity index (χ3n) is 4.59. The van der Waals surface area contributed by atoms with Gasteiger partial charge in [-0.05, 0) is 30.2 Å². The highest BCUT2D eigenvalue weighted by atomic mass is 35.5. The van der Waals surface area contributed by atoms with E-state index in [0.717, 1.165) is 11.1 Å². The molecule has 1 N–H and O–H groups in total. The monoisotopic (exact) mass is 357 g/mol. The van der Waals surface area contributed by atoms with E-state index < -0.39 is 0 Å². The molecule has 3 nitrogen and oxygen atoms in total. The van der Waals surface area contributed by atoms with Gasteiger partial charge >= 0.3 is 0 Å². The third kappa shape index (κ3) is 4.70. The molecule has 25 heavy (non-hydrogen) atoms. The zero-order chi connectivity index (χ0) is 17.1. The number of hydrogen-bond donors (Lipinski definition) is 1. The van der Waals surface area contributed by atoms with Gasteiger partial charge in [0.2, 0.25) is 5.91 Å². The van der Waals surface area contributed by atoms with Gasteiger partial charge < -0.3 is 5.32 Å². The van der Waals surface area contributed by atoms with Crippen molar-refractivity contribution in [3.05, 3.63) is 70.2 Å². The average molecular weight is 358 g/mol. The minimum absolute atomic E-state index is 0. The molecule has 0 spiro atoms. The smallest absolute Gasteiger partial charge is 0.224 e. The Morgan fingerprint density at radius 3 is 2.40 bits per heavy atom. The second-order valence-electron chi connectivity index (χ2n) is 6.41. The Kier molecular flexibility index (Phi) is 6.38. The molecule has 4 heteroatoms. The number of carbonyl (C=O) groups excluding carboxylic acids is 2. The zero-order valence-corrected chi connectivity index (χ0v) is 14.3. The van der Waals surface area contributed by atoms with E-state index in [2.05, 4.69) is 17.4 Å². The van der Waals surface area contributed by atoms with Crippen molar-refractivity contribution in [1.29, 1.82) is 0 Å². The van der Waals surface area contributed by atoms with E-state index in [1.807, 2.05) is 31.2 Å². The maximum absolute atomic E-state index is 12.4. The zero-order valence-electron chi connectivity index (χ0n) is 13.6. The number of ketones is 1. The molecular weight excluding hydrogens is 334 g/mol. The lowest BCUT2D eigenvalue weighted by atomic mass is 9.84. The summed E-state index contributed by atoms with van der Waals surface area (Å²) in [6.45, 7) is 2.63. The highest BCUT2D eigenvalue weighted by Gasteiger charge is 2.36.